The molecule has 0 spiro atoms. The van der Waals surface area contributed by atoms with Crippen LogP contribution in [0.2, 0.25) is 0 Å². The summed E-state index contributed by atoms with van der Waals surface area (Å²) in [4.78, 5) is 34.5. The van der Waals surface area contributed by atoms with Crippen molar-refractivity contribution >= 4 is 27.3 Å². The topological polar surface area (TPSA) is 82.8 Å². The molecule has 0 bridgehead atoms. The van der Waals surface area contributed by atoms with E-state index in [1.54, 1.807) is 0 Å². The summed E-state index contributed by atoms with van der Waals surface area (Å²) in [6.07, 6.45) is 9.53. The molecule has 1 N–H and O–H groups in total. The van der Waals surface area contributed by atoms with Crippen LogP contribution < -0.4 is 15.8 Å². The van der Waals surface area contributed by atoms with Crippen LogP contribution >= 0.6 is 11.3 Å². The lowest BCUT2D eigenvalue weighted by Gasteiger charge is -2.32. The third kappa shape index (κ3) is 5.44. The number of fused-ring (bicyclic) bond motifs is 1. The minimum Gasteiger partial charge on any atom is -0.356 e. The molecule has 2 aromatic heterocycles. The van der Waals surface area contributed by atoms with E-state index < -0.39 is 0 Å². The quantitative estimate of drug-likeness (QED) is 0.658. The monoisotopic (exact) mass is 446 g/mol. The summed E-state index contributed by atoms with van der Waals surface area (Å²) >= 11 is 1.41. The van der Waals surface area contributed by atoms with Gasteiger partial charge in [0.1, 0.15) is 0 Å². The lowest BCUT2D eigenvalue weighted by molar-refractivity contribution is -0.125. The Morgan fingerprint density at radius 3 is 2.87 bits per heavy atom. The molecule has 2 fully saturated rings. The molecule has 1 aliphatic carbocycles. The van der Waals surface area contributed by atoms with Gasteiger partial charge in [-0.25, -0.2) is 4.98 Å². The van der Waals surface area contributed by atoms with Gasteiger partial charge in [-0.3, -0.25) is 9.59 Å². The Morgan fingerprint density at radius 1 is 1.26 bits per heavy atom. The molecule has 170 valence electrons. The van der Waals surface area contributed by atoms with E-state index in [1.807, 2.05) is 6.92 Å². The summed E-state index contributed by atoms with van der Waals surface area (Å²) in [5, 5.41) is 8.37. The van der Waals surface area contributed by atoms with Crippen molar-refractivity contribution in [2.75, 3.05) is 38.1 Å². The molecule has 1 saturated heterocycles. The molecule has 0 aromatic carbocycles. The van der Waals surface area contributed by atoms with Gasteiger partial charge in [-0.15, -0.1) is 5.10 Å². The molecule has 2 aromatic rings. The minimum atomic E-state index is -0.158. The fourth-order valence-electron chi connectivity index (χ4n) is 4.79. The van der Waals surface area contributed by atoms with E-state index in [1.165, 1.54) is 54.0 Å². The summed E-state index contributed by atoms with van der Waals surface area (Å²) in [5.41, 5.74) is 0.541. The highest BCUT2D eigenvalue weighted by Crippen LogP contribution is 2.27. The first-order valence-electron chi connectivity index (χ1n) is 11.6. The second-order valence-corrected chi connectivity index (χ2v) is 9.95. The van der Waals surface area contributed by atoms with Gasteiger partial charge >= 0.3 is 0 Å². The second kappa shape index (κ2) is 10.1. The number of amides is 1. The first-order valence-corrected chi connectivity index (χ1v) is 12.4. The summed E-state index contributed by atoms with van der Waals surface area (Å²) in [6, 6.07) is 2.21. The number of nitrogens with zero attached hydrogens (tertiary/aromatic N) is 5. The number of hydrogen-bond acceptors (Lipinski definition) is 7. The molecule has 0 radical (unpaired) electrons. The number of nitrogens with one attached hydrogen (secondary N) is 1. The Morgan fingerprint density at radius 2 is 2.06 bits per heavy atom. The number of hydrogen-bond donors (Lipinski definition) is 1. The van der Waals surface area contributed by atoms with Crippen molar-refractivity contribution < 1.29 is 4.79 Å². The van der Waals surface area contributed by atoms with Crippen LogP contribution in [0, 0.1) is 12.8 Å². The van der Waals surface area contributed by atoms with Gasteiger partial charge in [0.25, 0.3) is 5.56 Å². The summed E-state index contributed by atoms with van der Waals surface area (Å²) in [6.45, 7) is 5.07. The summed E-state index contributed by atoms with van der Waals surface area (Å²) < 4.78 is 1.36. The third-order valence-electron chi connectivity index (χ3n) is 6.61. The molecule has 8 nitrogen and oxygen atoms in total. The smallest absolute Gasteiger partial charge is 0.275 e. The predicted molar refractivity (Wildman–Crippen MR) is 124 cm³/mol. The molecule has 3 heterocycles. The molecule has 0 unspecified atom stereocenters. The van der Waals surface area contributed by atoms with E-state index in [2.05, 4.69) is 32.2 Å². The largest absolute Gasteiger partial charge is 0.356 e. The maximum atomic E-state index is 12.8. The van der Waals surface area contributed by atoms with Crippen LogP contribution in [-0.4, -0.2) is 64.7 Å². The van der Waals surface area contributed by atoms with E-state index in [9.17, 15) is 9.59 Å². The van der Waals surface area contributed by atoms with Crippen LogP contribution in [0.3, 0.4) is 0 Å². The normalized spacial score (nSPS) is 20.5. The highest BCUT2D eigenvalue weighted by atomic mass is 32.1. The van der Waals surface area contributed by atoms with E-state index >= 15 is 0 Å². The number of anilines is 1. The molecule has 1 amide bonds. The lowest BCUT2D eigenvalue weighted by Crippen LogP contribution is -2.44. The van der Waals surface area contributed by atoms with E-state index in [-0.39, 0.29) is 17.4 Å². The number of aryl methyl sites for hydroxylation is 1. The maximum Gasteiger partial charge on any atom is 0.275 e. The van der Waals surface area contributed by atoms with E-state index in [0.29, 0.717) is 17.2 Å². The van der Waals surface area contributed by atoms with Gasteiger partial charge in [-0.2, -0.15) is 4.52 Å². The van der Waals surface area contributed by atoms with Gasteiger partial charge < -0.3 is 15.1 Å². The Labute approximate surface area is 187 Å². The molecule has 1 saturated carbocycles. The van der Waals surface area contributed by atoms with Crippen molar-refractivity contribution in [2.24, 2.45) is 5.92 Å². The standard InChI is InChI=1S/C22H34N6O2S/c1-16-14-19(29)28-21(24-16)31-22(25-28)27-13-6-8-17(15-27)20(30)23-11-7-12-26(2)18-9-4-3-5-10-18/h14,17-18H,3-13,15H2,1-2H3,(H,23,30)/t17-/m1/s1. The maximum absolute atomic E-state index is 12.8. The lowest BCUT2D eigenvalue weighted by atomic mass is 9.94. The molecule has 31 heavy (non-hydrogen) atoms. The van der Waals surface area contributed by atoms with Gasteiger partial charge in [0.2, 0.25) is 16.0 Å². The highest BCUT2D eigenvalue weighted by Gasteiger charge is 2.28. The van der Waals surface area contributed by atoms with Crippen LogP contribution in [0.25, 0.3) is 4.96 Å². The zero-order chi connectivity index (χ0) is 21.8. The number of aromatic nitrogens is 3. The average Bonchev–Trinajstić information content (AvgIpc) is 3.21. The molecule has 9 heteroatoms. The Kier molecular flexibility index (Phi) is 7.22. The first kappa shape index (κ1) is 22.2. The number of carbonyl (C=O) groups excluding carboxylic acids is 1. The molecule has 2 aliphatic rings. The third-order valence-corrected chi connectivity index (χ3v) is 7.58. The molecule has 1 atom stereocenters. The van der Waals surface area contributed by atoms with E-state index in [0.717, 1.165) is 50.1 Å². The highest BCUT2D eigenvalue weighted by molar-refractivity contribution is 7.20. The fraction of sp³-hybridized carbons (Fsp3) is 0.727. The second-order valence-electron chi connectivity index (χ2n) is 9.02. The van der Waals surface area contributed by atoms with Crippen LogP contribution in [0.1, 0.15) is 57.1 Å². The predicted octanol–water partition coefficient (Wildman–Crippen LogP) is 2.45. The summed E-state index contributed by atoms with van der Waals surface area (Å²) in [5.74, 6) is 0.0977. The molecule has 4 rings (SSSR count). The van der Waals surface area contributed by atoms with Crippen LogP contribution in [0.4, 0.5) is 5.13 Å². The van der Waals surface area contributed by atoms with Crippen molar-refractivity contribution in [1.82, 2.24) is 24.8 Å². The van der Waals surface area contributed by atoms with Gasteiger partial charge in [-0.05, 0) is 52.6 Å². The number of piperidine rings is 1. The SMILES string of the molecule is Cc1cc(=O)n2nc(N3CCC[C@@H](C(=O)NCCCN(C)C4CCCCC4)C3)sc2n1. The zero-order valence-electron chi connectivity index (χ0n) is 18.7. The van der Waals surface area contributed by atoms with Crippen molar-refractivity contribution in [2.45, 2.75) is 64.3 Å². The Hall–Kier alpha value is -2.00. The van der Waals surface area contributed by atoms with Crippen LogP contribution in [-0.2, 0) is 4.79 Å². The minimum absolute atomic E-state index is 0.0387. The van der Waals surface area contributed by atoms with Gasteiger partial charge in [0.15, 0.2) is 0 Å². The first-order chi connectivity index (χ1) is 15.0. The van der Waals surface area contributed by atoms with Crippen molar-refractivity contribution in [3.63, 3.8) is 0 Å². The summed E-state index contributed by atoms with van der Waals surface area (Å²) in [7, 11) is 2.22. The van der Waals surface area contributed by atoms with E-state index in [4.69, 9.17) is 0 Å². The Balaban J connectivity index is 1.27. The number of rotatable bonds is 7. The zero-order valence-corrected chi connectivity index (χ0v) is 19.5. The molecular formula is C22H34N6O2S. The fourth-order valence-corrected chi connectivity index (χ4v) is 5.78. The molecule has 1 aliphatic heterocycles. The van der Waals surface area contributed by atoms with Gasteiger partial charge in [0.05, 0.1) is 5.92 Å². The van der Waals surface area contributed by atoms with Gasteiger partial charge in [-0.1, -0.05) is 30.6 Å². The molecular weight excluding hydrogens is 412 g/mol. The van der Waals surface area contributed by atoms with Crippen LogP contribution in [0.15, 0.2) is 10.9 Å². The van der Waals surface area contributed by atoms with Crippen molar-refractivity contribution in [1.29, 1.82) is 0 Å². The Bertz CT molecular complexity index is 951. The van der Waals surface area contributed by atoms with Crippen molar-refractivity contribution in [3.05, 3.63) is 22.1 Å². The van der Waals surface area contributed by atoms with Crippen molar-refractivity contribution in [3.8, 4) is 0 Å². The van der Waals surface area contributed by atoms with Crippen LogP contribution in [0.5, 0.6) is 0 Å². The van der Waals surface area contributed by atoms with Gasteiger partial charge in [0, 0.05) is 37.4 Å². The average molecular weight is 447 g/mol. The number of carbonyl (C=O) groups is 1.